The summed E-state index contributed by atoms with van der Waals surface area (Å²) in [5, 5.41) is 0. The number of ether oxygens (including phenoxy) is 1. The number of hydrogen-bond acceptors (Lipinski definition) is 4. The van der Waals surface area contributed by atoms with E-state index in [9.17, 15) is 9.59 Å². The van der Waals surface area contributed by atoms with Crippen LogP contribution >= 0.6 is 22.6 Å². The first-order valence-electron chi connectivity index (χ1n) is 7.03. The van der Waals surface area contributed by atoms with Crippen molar-refractivity contribution in [3.63, 3.8) is 0 Å². The zero-order valence-electron chi connectivity index (χ0n) is 12.0. The largest absolute Gasteiger partial charge is 0.450 e. The highest BCUT2D eigenvalue weighted by atomic mass is 127. The minimum absolute atomic E-state index is 0.121. The predicted molar refractivity (Wildman–Crippen MR) is 88.5 cm³/mol. The first kappa shape index (κ1) is 16.2. The van der Waals surface area contributed by atoms with Gasteiger partial charge in [-0.15, -0.1) is 0 Å². The number of rotatable bonds is 4. The maximum atomic E-state index is 12.2. The van der Waals surface area contributed by atoms with Gasteiger partial charge in [0.2, 0.25) is 0 Å². The van der Waals surface area contributed by atoms with Gasteiger partial charge in [0.1, 0.15) is 0 Å². The van der Waals surface area contributed by atoms with E-state index in [4.69, 9.17) is 4.74 Å². The number of hydrogen-bond donors (Lipinski definition) is 0. The van der Waals surface area contributed by atoms with Crippen LogP contribution in [0.15, 0.2) is 24.3 Å². The van der Waals surface area contributed by atoms with E-state index in [1.54, 1.807) is 11.8 Å². The molecule has 1 aliphatic rings. The highest BCUT2D eigenvalue weighted by molar-refractivity contribution is 14.1. The maximum Gasteiger partial charge on any atom is 0.409 e. The third-order valence-corrected chi connectivity index (χ3v) is 4.15. The zero-order valence-corrected chi connectivity index (χ0v) is 14.2. The van der Waals surface area contributed by atoms with E-state index in [2.05, 4.69) is 27.5 Å². The van der Waals surface area contributed by atoms with Gasteiger partial charge in [0.15, 0.2) is 5.78 Å². The number of benzene rings is 1. The average Bonchev–Trinajstić information content (AvgIpc) is 2.49. The zero-order chi connectivity index (χ0) is 15.2. The quantitative estimate of drug-likeness (QED) is 0.573. The summed E-state index contributed by atoms with van der Waals surface area (Å²) in [6, 6.07) is 7.59. The molecule has 0 aromatic heterocycles. The molecule has 0 radical (unpaired) electrons. The van der Waals surface area contributed by atoms with Crippen molar-refractivity contribution < 1.29 is 14.3 Å². The Hall–Kier alpha value is -1.15. The van der Waals surface area contributed by atoms with Gasteiger partial charge >= 0.3 is 6.09 Å². The van der Waals surface area contributed by atoms with Crippen LogP contribution in [-0.2, 0) is 4.74 Å². The first-order valence-corrected chi connectivity index (χ1v) is 8.11. The second kappa shape index (κ2) is 7.74. The molecular formula is C15H19IN2O3. The van der Waals surface area contributed by atoms with E-state index in [1.165, 1.54) is 0 Å². The summed E-state index contributed by atoms with van der Waals surface area (Å²) < 4.78 is 6.10. The van der Waals surface area contributed by atoms with Crippen LogP contribution in [-0.4, -0.2) is 61.0 Å². The summed E-state index contributed by atoms with van der Waals surface area (Å²) in [5.41, 5.74) is 0.739. The minimum Gasteiger partial charge on any atom is -0.450 e. The number of carbonyl (C=O) groups excluding carboxylic acids is 2. The Morgan fingerprint density at radius 3 is 2.33 bits per heavy atom. The third-order valence-electron chi connectivity index (χ3n) is 3.43. The van der Waals surface area contributed by atoms with E-state index in [-0.39, 0.29) is 11.9 Å². The Kier molecular flexibility index (Phi) is 5.98. The fourth-order valence-electron chi connectivity index (χ4n) is 2.23. The molecule has 6 heteroatoms. The molecule has 0 N–H and O–H groups in total. The SMILES string of the molecule is CCOC(=O)N1CCN(CC(=O)c2ccc(I)cc2)CC1. The van der Waals surface area contributed by atoms with Crippen LogP contribution in [0.2, 0.25) is 0 Å². The van der Waals surface area contributed by atoms with Crippen LogP contribution in [0.1, 0.15) is 17.3 Å². The van der Waals surface area contributed by atoms with Gasteiger partial charge < -0.3 is 9.64 Å². The number of ketones is 1. The van der Waals surface area contributed by atoms with Crippen molar-refractivity contribution in [1.82, 2.24) is 9.80 Å². The van der Waals surface area contributed by atoms with Crippen LogP contribution < -0.4 is 0 Å². The molecule has 0 aliphatic carbocycles. The monoisotopic (exact) mass is 402 g/mol. The molecule has 0 saturated carbocycles. The molecule has 114 valence electrons. The Bertz CT molecular complexity index is 496. The Balaban J connectivity index is 1.82. The van der Waals surface area contributed by atoms with Crippen molar-refractivity contribution in [2.45, 2.75) is 6.92 Å². The molecule has 1 amide bonds. The summed E-state index contributed by atoms with van der Waals surface area (Å²) in [4.78, 5) is 27.6. The van der Waals surface area contributed by atoms with E-state index in [1.807, 2.05) is 24.3 Å². The molecule has 2 rings (SSSR count). The van der Waals surface area contributed by atoms with Gasteiger partial charge in [-0.05, 0) is 41.6 Å². The lowest BCUT2D eigenvalue weighted by Crippen LogP contribution is -2.50. The molecule has 0 bridgehead atoms. The highest BCUT2D eigenvalue weighted by Gasteiger charge is 2.23. The van der Waals surface area contributed by atoms with Crippen molar-refractivity contribution in [3.8, 4) is 0 Å². The lowest BCUT2D eigenvalue weighted by atomic mass is 10.1. The molecule has 5 nitrogen and oxygen atoms in total. The Morgan fingerprint density at radius 1 is 1.14 bits per heavy atom. The van der Waals surface area contributed by atoms with E-state index in [0.29, 0.717) is 39.3 Å². The second-order valence-electron chi connectivity index (χ2n) is 4.89. The van der Waals surface area contributed by atoms with Crippen LogP contribution in [0.4, 0.5) is 4.79 Å². The predicted octanol–water partition coefficient (Wildman–Crippen LogP) is 2.25. The summed E-state index contributed by atoms with van der Waals surface area (Å²) in [6.07, 6.45) is -0.263. The number of piperazine rings is 1. The molecule has 0 unspecified atom stereocenters. The van der Waals surface area contributed by atoms with Gasteiger partial charge in [0.05, 0.1) is 13.2 Å². The maximum absolute atomic E-state index is 12.2. The Morgan fingerprint density at radius 2 is 1.76 bits per heavy atom. The van der Waals surface area contributed by atoms with Crippen molar-refractivity contribution in [2.75, 3.05) is 39.3 Å². The van der Waals surface area contributed by atoms with Crippen LogP contribution in [0.25, 0.3) is 0 Å². The molecule has 0 spiro atoms. The highest BCUT2D eigenvalue weighted by Crippen LogP contribution is 2.09. The molecule has 1 saturated heterocycles. The van der Waals surface area contributed by atoms with E-state index < -0.39 is 0 Å². The van der Waals surface area contributed by atoms with Crippen molar-refractivity contribution in [1.29, 1.82) is 0 Å². The molecular weight excluding hydrogens is 383 g/mol. The molecule has 1 aliphatic heterocycles. The molecule has 1 aromatic rings. The second-order valence-corrected chi connectivity index (χ2v) is 6.14. The molecule has 21 heavy (non-hydrogen) atoms. The number of halogens is 1. The van der Waals surface area contributed by atoms with Gasteiger partial charge in [-0.1, -0.05) is 12.1 Å². The summed E-state index contributed by atoms with van der Waals surface area (Å²) in [7, 11) is 0. The lowest BCUT2D eigenvalue weighted by molar-refractivity contribution is 0.0733. The van der Waals surface area contributed by atoms with Crippen LogP contribution in [0.5, 0.6) is 0 Å². The first-order chi connectivity index (χ1) is 10.1. The lowest BCUT2D eigenvalue weighted by Gasteiger charge is -2.33. The van der Waals surface area contributed by atoms with Crippen molar-refractivity contribution >= 4 is 34.5 Å². The smallest absolute Gasteiger partial charge is 0.409 e. The summed E-state index contributed by atoms with van der Waals surface area (Å²) in [5.74, 6) is 0.121. The van der Waals surface area contributed by atoms with E-state index >= 15 is 0 Å². The van der Waals surface area contributed by atoms with Gasteiger partial charge in [-0.3, -0.25) is 9.69 Å². The number of Topliss-reactive ketones (excluding diaryl/α,β-unsaturated/α-hetero) is 1. The van der Waals surface area contributed by atoms with Crippen LogP contribution in [0, 0.1) is 3.57 Å². The summed E-state index contributed by atoms with van der Waals surface area (Å²) >= 11 is 2.22. The normalized spacial score (nSPS) is 15.8. The molecule has 1 aromatic carbocycles. The standard InChI is InChI=1S/C15H19IN2O3/c1-2-21-15(20)18-9-7-17(8-10-18)11-14(19)12-3-5-13(16)6-4-12/h3-6H,2,7-11H2,1H3. The van der Waals surface area contributed by atoms with Crippen molar-refractivity contribution in [2.24, 2.45) is 0 Å². The van der Waals surface area contributed by atoms with Gasteiger partial charge in [-0.25, -0.2) is 4.79 Å². The number of amides is 1. The van der Waals surface area contributed by atoms with Crippen molar-refractivity contribution in [3.05, 3.63) is 33.4 Å². The summed E-state index contributed by atoms with van der Waals surface area (Å²) in [6.45, 7) is 5.22. The molecule has 0 atom stereocenters. The molecule has 1 fully saturated rings. The Labute approximate surface area is 138 Å². The van der Waals surface area contributed by atoms with Gasteiger partial charge in [0.25, 0.3) is 0 Å². The fourth-order valence-corrected chi connectivity index (χ4v) is 2.59. The molecule has 1 heterocycles. The van der Waals surface area contributed by atoms with Gasteiger partial charge in [-0.2, -0.15) is 0 Å². The number of carbonyl (C=O) groups is 2. The fraction of sp³-hybridized carbons (Fsp3) is 0.467. The van der Waals surface area contributed by atoms with Gasteiger partial charge in [0, 0.05) is 35.3 Å². The number of nitrogens with zero attached hydrogens (tertiary/aromatic N) is 2. The van der Waals surface area contributed by atoms with Crippen LogP contribution in [0.3, 0.4) is 0 Å². The van der Waals surface area contributed by atoms with E-state index in [0.717, 1.165) is 9.13 Å². The third kappa shape index (κ3) is 4.67. The topological polar surface area (TPSA) is 49.9 Å². The average molecular weight is 402 g/mol. The minimum atomic E-state index is -0.263.